The molecule has 3 N–H and O–H groups in total. The van der Waals surface area contributed by atoms with Crippen molar-refractivity contribution in [2.75, 3.05) is 33.9 Å². The van der Waals surface area contributed by atoms with E-state index < -0.39 is 10.0 Å². The number of hydrogen-bond donors (Lipinski definition) is 3. The van der Waals surface area contributed by atoms with E-state index in [1.165, 1.54) is 0 Å². The summed E-state index contributed by atoms with van der Waals surface area (Å²) in [5.74, 6) is 0.601. The predicted octanol–water partition coefficient (Wildman–Crippen LogP) is 0.473. The fraction of sp³-hybridized carbons (Fsp3) is 0.533. The second-order valence-corrected chi connectivity index (χ2v) is 6.98. The number of hydrogen-bond acceptors (Lipinski definition) is 4. The Morgan fingerprint density at radius 2 is 1.91 bits per heavy atom. The van der Waals surface area contributed by atoms with E-state index in [0.29, 0.717) is 19.1 Å². The van der Waals surface area contributed by atoms with Gasteiger partial charge >= 0.3 is 0 Å². The molecule has 0 aliphatic carbocycles. The van der Waals surface area contributed by atoms with E-state index in [1.807, 2.05) is 13.8 Å². The third kappa shape index (κ3) is 6.98. The van der Waals surface area contributed by atoms with Gasteiger partial charge < -0.3 is 15.4 Å². The van der Waals surface area contributed by atoms with Crippen molar-refractivity contribution < 1.29 is 13.2 Å². The lowest BCUT2D eigenvalue weighted by molar-refractivity contribution is 0.179. The van der Waals surface area contributed by atoms with Crippen molar-refractivity contribution in [2.45, 2.75) is 24.8 Å². The Morgan fingerprint density at radius 3 is 2.48 bits per heavy atom. The van der Waals surface area contributed by atoms with Gasteiger partial charge in [-0.05, 0) is 26.0 Å². The second kappa shape index (κ2) is 9.49. The summed E-state index contributed by atoms with van der Waals surface area (Å²) in [5, 5.41) is 6.19. The zero-order valence-corrected chi connectivity index (χ0v) is 14.9. The normalized spacial score (nSPS) is 13.7. The minimum Gasteiger partial charge on any atom is -0.383 e. The molecule has 0 bridgehead atoms. The van der Waals surface area contributed by atoms with Crippen molar-refractivity contribution in [3.05, 3.63) is 29.8 Å². The molecule has 0 amide bonds. The van der Waals surface area contributed by atoms with E-state index in [1.54, 1.807) is 38.4 Å². The van der Waals surface area contributed by atoms with E-state index >= 15 is 0 Å². The molecule has 0 aromatic heterocycles. The largest absolute Gasteiger partial charge is 0.383 e. The Balaban J connectivity index is 2.42. The van der Waals surface area contributed by atoms with Crippen LogP contribution in [0.3, 0.4) is 0 Å². The van der Waals surface area contributed by atoms with Gasteiger partial charge in [0.15, 0.2) is 5.96 Å². The van der Waals surface area contributed by atoms with Crippen LogP contribution in [0.4, 0.5) is 0 Å². The molecule has 8 heteroatoms. The molecule has 1 rings (SSSR count). The van der Waals surface area contributed by atoms with Crippen LogP contribution in [-0.4, -0.2) is 54.3 Å². The summed E-state index contributed by atoms with van der Waals surface area (Å²) in [7, 11) is -0.192. The van der Waals surface area contributed by atoms with Gasteiger partial charge in [-0.2, -0.15) is 0 Å². The molecule has 0 fully saturated rings. The third-order valence-corrected chi connectivity index (χ3v) is 4.54. The molecule has 0 aliphatic heterocycles. The summed E-state index contributed by atoms with van der Waals surface area (Å²) < 4.78 is 31.8. The minimum absolute atomic E-state index is 0.107. The fourth-order valence-electron chi connectivity index (χ4n) is 1.89. The highest BCUT2D eigenvalue weighted by Crippen LogP contribution is 2.09. The fourth-order valence-corrected chi connectivity index (χ4v) is 2.92. The molecular formula is C15H26N4O3S. The molecule has 0 spiro atoms. The van der Waals surface area contributed by atoms with Gasteiger partial charge in [-0.1, -0.05) is 17.7 Å². The third-order valence-electron chi connectivity index (χ3n) is 3.06. The van der Waals surface area contributed by atoms with Gasteiger partial charge in [0.25, 0.3) is 0 Å². The molecule has 0 saturated carbocycles. The summed E-state index contributed by atoms with van der Waals surface area (Å²) in [4.78, 5) is 4.34. The van der Waals surface area contributed by atoms with Crippen LogP contribution in [-0.2, 0) is 14.8 Å². The van der Waals surface area contributed by atoms with Crippen LogP contribution in [0.15, 0.2) is 34.2 Å². The Hall–Kier alpha value is -1.64. The average Bonchev–Trinajstić information content (AvgIpc) is 2.51. The Labute approximate surface area is 138 Å². The van der Waals surface area contributed by atoms with Gasteiger partial charge in [-0.3, -0.25) is 4.99 Å². The standard InChI is InChI=1S/C15H26N4O3S/c1-12-5-7-14(8-6-12)23(20,21)18-10-9-17-15(16-3)19-13(2)11-22-4/h5-8,13,18H,9-11H2,1-4H3,(H2,16,17,19). The molecule has 1 atom stereocenters. The number of guanidine groups is 1. The molecule has 23 heavy (non-hydrogen) atoms. The number of aliphatic imine (C=N–C) groups is 1. The quantitative estimate of drug-likeness (QED) is 0.363. The number of methoxy groups -OCH3 is 1. The monoisotopic (exact) mass is 342 g/mol. The van der Waals surface area contributed by atoms with Crippen LogP contribution in [0, 0.1) is 6.92 Å². The summed E-state index contributed by atoms with van der Waals surface area (Å²) in [6, 6.07) is 6.84. The first-order valence-electron chi connectivity index (χ1n) is 7.41. The molecule has 7 nitrogen and oxygen atoms in total. The Morgan fingerprint density at radius 1 is 1.26 bits per heavy atom. The van der Waals surface area contributed by atoms with E-state index in [-0.39, 0.29) is 17.5 Å². The summed E-state index contributed by atoms with van der Waals surface area (Å²) in [6.07, 6.45) is 0. The number of nitrogens with zero attached hydrogens (tertiary/aromatic N) is 1. The van der Waals surface area contributed by atoms with Crippen molar-refractivity contribution in [3.63, 3.8) is 0 Å². The maximum Gasteiger partial charge on any atom is 0.240 e. The molecule has 130 valence electrons. The predicted molar refractivity (Wildman–Crippen MR) is 92.2 cm³/mol. The lowest BCUT2D eigenvalue weighted by Crippen LogP contribution is -2.46. The zero-order chi connectivity index (χ0) is 17.3. The maximum absolute atomic E-state index is 12.1. The van der Waals surface area contributed by atoms with Crippen molar-refractivity contribution >= 4 is 16.0 Å². The molecular weight excluding hydrogens is 316 g/mol. The highest BCUT2D eigenvalue weighted by molar-refractivity contribution is 7.89. The molecule has 1 unspecified atom stereocenters. The highest BCUT2D eigenvalue weighted by Gasteiger charge is 2.12. The van der Waals surface area contributed by atoms with E-state index in [9.17, 15) is 8.42 Å². The number of ether oxygens (including phenoxy) is 1. The van der Waals surface area contributed by atoms with Crippen LogP contribution >= 0.6 is 0 Å². The lowest BCUT2D eigenvalue weighted by Gasteiger charge is -2.17. The van der Waals surface area contributed by atoms with Crippen molar-refractivity contribution in [3.8, 4) is 0 Å². The van der Waals surface area contributed by atoms with Gasteiger partial charge in [0, 0.05) is 33.3 Å². The second-order valence-electron chi connectivity index (χ2n) is 5.21. The zero-order valence-electron chi connectivity index (χ0n) is 14.1. The number of sulfonamides is 1. The summed E-state index contributed by atoms with van der Waals surface area (Å²) in [6.45, 7) is 5.12. The van der Waals surface area contributed by atoms with Crippen LogP contribution in [0.25, 0.3) is 0 Å². The summed E-state index contributed by atoms with van der Waals surface area (Å²) >= 11 is 0. The van der Waals surface area contributed by atoms with Crippen LogP contribution < -0.4 is 15.4 Å². The molecule has 0 heterocycles. The highest BCUT2D eigenvalue weighted by atomic mass is 32.2. The maximum atomic E-state index is 12.1. The Kier molecular flexibility index (Phi) is 8.01. The van der Waals surface area contributed by atoms with Gasteiger partial charge in [-0.15, -0.1) is 0 Å². The smallest absolute Gasteiger partial charge is 0.240 e. The average molecular weight is 342 g/mol. The summed E-state index contributed by atoms with van der Waals surface area (Å²) in [5.41, 5.74) is 1.02. The van der Waals surface area contributed by atoms with E-state index in [2.05, 4.69) is 20.3 Å². The SMILES string of the molecule is CN=C(NCCNS(=O)(=O)c1ccc(C)cc1)NC(C)COC. The molecule has 1 aromatic carbocycles. The lowest BCUT2D eigenvalue weighted by atomic mass is 10.2. The number of aryl methyl sites for hydroxylation is 1. The minimum atomic E-state index is -3.48. The number of nitrogens with one attached hydrogen (secondary N) is 3. The number of benzene rings is 1. The molecule has 0 saturated heterocycles. The van der Waals surface area contributed by atoms with Crippen molar-refractivity contribution in [1.29, 1.82) is 0 Å². The topological polar surface area (TPSA) is 91.8 Å². The van der Waals surface area contributed by atoms with Gasteiger partial charge in [0.2, 0.25) is 10.0 Å². The molecule has 0 radical (unpaired) electrons. The van der Waals surface area contributed by atoms with Crippen molar-refractivity contribution in [1.82, 2.24) is 15.4 Å². The van der Waals surface area contributed by atoms with Crippen LogP contribution in [0.5, 0.6) is 0 Å². The first-order valence-corrected chi connectivity index (χ1v) is 8.90. The molecule has 0 aliphatic rings. The molecule has 1 aromatic rings. The van der Waals surface area contributed by atoms with E-state index in [0.717, 1.165) is 5.56 Å². The van der Waals surface area contributed by atoms with Crippen LogP contribution in [0.2, 0.25) is 0 Å². The first kappa shape index (κ1) is 19.4. The van der Waals surface area contributed by atoms with Gasteiger partial charge in [0.1, 0.15) is 0 Å². The Bertz CT molecular complexity index is 600. The van der Waals surface area contributed by atoms with Crippen LogP contribution in [0.1, 0.15) is 12.5 Å². The van der Waals surface area contributed by atoms with Gasteiger partial charge in [-0.25, -0.2) is 13.1 Å². The van der Waals surface area contributed by atoms with Gasteiger partial charge in [0.05, 0.1) is 11.5 Å². The van der Waals surface area contributed by atoms with Crippen molar-refractivity contribution in [2.24, 2.45) is 4.99 Å². The number of rotatable bonds is 8. The first-order chi connectivity index (χ1) is 10.9. The van der Waals surface area contributed by atoms with E-state index in [4.69, 9.17) is 4.74 Å².